The number of aliphatic hydroxyl groups excluding tert-OH is 1. The largest absolute Gasteiger partial charge is 0.530 e. The zero-order valence-corrected chi connectivity index (χ0v) is 29.7. The maximum absolute atomic E-state index is 14.4. The molecule has 2 N–H and O–H groups in total. The van der Waals surface area contributed by atoms with Gasteiger partial charge in [0.05, 0.1) is 42.6 Å². The van der Waals surface area contributed by atoms with E-state index in [2.05, 4.69) is 4.72 Å². The summed E-state index contributed by atoms with van der Waals surface area (Å²) in [6.45, 7) is 4.05. The lowest BCUT2D eigenvalue weighted by molar-refractivity contribution is -0.273. The van der Waals surface area contributed by atoms with Gasteiger partial charge >= 0.3 is 0 Å². The Morgan fingerprint density at radius 2 is 1.80 bits per heavy atom. The second-order valence-corrected chi connectivity index (χ2v) is 17.5. The number of nitrogens with zero attached hydrogens (tertiary/aromatic N) is 2. The lowest BCUT2D eigenvalue weighted by Crippen LogP contribution is -2.61. The van der Waals surface area contributed by atoms with Crippen LogP contribution in [0.2, 0.25) is 0 Å². The monoisotopic (exact) mass is 724 g/mol. The van der Waals surface area contributed by atoms with E-state index in [4.69, 9.17) is 18.9 Å². The zero-order chi connectivity index (χ0) is 35.4. The van der Waals surface area contributed by atoms with Gasteiger partial charge in [0.15, 0.2) is 17.8 Å². The molecule has 0 unspecified atom stereocenters. The number of carboxylic acid groups (broad SMARTS) is 1. The summed E-state index contributed by atoms with van der Waals surface area (Å²) in [5.74, 6) is 0.431. The van der Waals surface area contributed by atoms with Gasteiger partial charge in [0.25, 0.3) is 0 Å². The Morgan fingerprint density at radius 3 is 2.51 bits per heavy atom. The second kappa shape index (κ2) is 15.5. The van der Waals surface area contributed by atoms with E-state index >= 15 is 0 Å². The minimum absolute atomic E-state index is 0.0191. The standard InChI is InChI=1S/C33H47N3O11S2/c1-33(2,14-7-8-15-34-48(3,40)41)21-35(49(42,43)24-11-12-29-30(18-24)47-22-46-29)19-28(37)26(17-23-9-5-4-6-10-23)36(32(38)39)27-20-45-31-25(27)13-16-44-31/h4-6,9-12,18,25-28,31,34,37H,7-8,13-17,19-22H2,1-3H3,(H,38,39)/p-1/t25-,26+,27-,28-,31+/m1/s1. The summed E-state index contributed by atoms with van der Waals surface area (Å²) >= 11 is 0. The topological polar surface area (TPSA) is 184 Å². The first-order valence-corrected chi connectivity index (χ1v) is 19.8. The number of carbonyl (C=O) groups is 1. The van der Waals surface area contributed by atoms with Gasteiger partial charge in [-0.05, 0) is 48.8 Å². The van der Waals surface area contributed by atoms with Crippen molar-refractivity contribution in [3.05, 3.63) is 54.1 Å². The first kappa shape index (κ1) is 37.3. The summed E-state index contributed by atoms with van der Waals surface area (Å²) in [6.07, 6.45) is -0.0630. The van der Waals surface area contributed by atoms with E-state index in [1.54, 1.807) is 0 Å². The van der Waals surface area contributed by atoms with E-state index in [1.165, 1.54) is 22.5 Å². The van der Waals surface area contributed by atoms with Gasteiger partial charge in [-0.25, -0.2) is 21.6 Å². The molecule has 14 nitrogen and oxygen atoms in total. The Morgan fingerprint density at radius 1 is 1.06 bits per heavy atom. The number of amides is 1. The second-order valence-electron chi connectivity index (χ2n) is 13.7. The van der Waals surface area contributed by atoms with Crippen molar-refractivity contribution >= 4 is 26.1 Å². The number of fused-ring (bicyclic) bond motifs is 2. The average molecular weight is 725 g/mol. The third kappa shape index (κ3) is 9.42. The van der Waals surface area contributed by atoms with Gasteiger partial charge in [-0.15, -0.1) is 0 Å². The van der Waals surface area contributed by atoms with E-state index in [9.17, 15) is 31.8 Å². The summed E-state index contributed by atoms with van der Waals surface area (Å²) < 4.78 is 77.6. The fourth-order valence-corrected chi connectivity index (χ4v) is 9.01. The highest BCUT2D eigenvalue weighted by molar-refractivity contribution is 7.89. The molecule has 0 bridgehead atoms. The van der Waals surface area contributed by atoms with Crippen LogP contribution in [-0.4, -0.2) is 108 Å². The number of nitrogens with one attached hydrogen (secondary N) is 1. The van der Waals surface area contributed by atoms with E-state index in [0.717, 1.165) is 16.7 Å². The zero-order valence-electron chi connectivity index (χ0n) is 28.0. The molecule has 2 aromatic rings. The van der Waals surface area contributed by atoms with Crippen molar-refractivity contribution in [3.8, 4) is 11.5 Å². The first-order chi connectivity index (χ1) is 23.1. The Hall–Kier alpha value is -2.99. The van der Waals surface area contributed by atoms with Crippen LogP contribution in [0.1, 0.15) is 45.1 Å². The SMILES string of the molecule is CC(C)(CCCCNS(C)(=O)=O)CN(C[C@@H](O)[C@H](Cc1ccccc1)N(C(=O)[O-])[C@@H]1CO[C@@H]2OCC[C@@H]21)S(=O)(=O)c1ccc2c(c1)OCO2. The Bertz CT molecular complexity index is 1660. The molecule has 3 aliphatic heterocycles. The molecule has 5 rings (SSSR count). The molecule has 49 heavy (non-hydrogen) atoms. The van der Waals surface area contributed by atoms with Gasteiger partial charge in [-0.3, -0.25) is 0 Å². The number of sulfonamides is 2. The van der Waals surface area contributed by atoms with Gasteiger partial charge in [0.2, 0.25) is 26.8 Å². The number of unbranched alkanes of at least 4 members (excludes halogenated alkanes) is 1. The molecule has 2 aromatic carbocycles. The molecule has 2 saturated heterocycles. The molecule has 272 valence electrons. The lowest BCUT2D eigenvalue weighted by atomic mass is 9.87. The number of rotatable bonds is 17. The van der Waals surface area contributed by atoms with Crippen molar-refractivity contribution in [3.63, 3.8) is 0 Å². The quantitative estimate of drug-likeness (QED) is 0.226. The predicted molar refractivity (Wildman–Crippen MR) is 177 cm³/mol. The van der Waals surface area contributed by atoms with Crippen LogP contribution in [0.3, 0.4) is 0 Å². The van der Waals surface area contributed by atoms with Crippen LogP contribution < -0.4 is 19.3 Å². The highest BCUT2D eigenvalue weighted by Gasteiger charge is 2.47. The summed E-state index contributed by atoms with van der Waals surface area (Å²) in [6, 6.07) is 11.7. The number of hydrogen-bond donors (Lipinski definition) is 2. The van der Waals surface area contributed by atoms with Crippen LogP contribution in [0.25, 0.3) is 0 Å². The van der Waals surface area contributed by atoms with Crippen molar-refractivity contribution in [2.45, 2.75) is 75.3 Å². The van der Waals surface area contributed by atoms with E-state index in [1.807, 2.05) is 44.2 Å². The molecule has 0 radical (unpaired) electrons. The van der Waals surface area contributed by atoms with Crippen molar-refractivity contribution < 1.29 is 50.8 Å². The molecular formula is C33H46N3O11S2-. The number of aliphatic hydroxyl groups is 1. The fraction of sp³-hybridized carbons (Fsp3) is 0.606. The third-order valence-corrected chi connectivity index (χ3v) is 11.8. The Balaban J connectivity index is 1.44. The molecule has 2 fully saturated rings. The maximum Gasteiger partial charge on any atom is 0.243 e. The third-order valence-electron chi connectivity index (χ3n) is 9.29. The fourth-order valence-electron chi connectivity index (χ4n) is 6.83. The highest BCUT2D eigenvalue weighted by atomic mass is 32.2. The molecule has 5 atom stereocenters. The molecule has 3 heterocycles. The van der Waals surface area contributed by atoms with Crippen LogP contribution >= 0.6 is 0 Å². The van der Waals surface area contributed by atoms with Crippen LogP contribution in [0.15, 0.2) is 53.4 Å². The number of hydrogen-bond acceptors (Lipinski definition) is 11. The lowest BCUT2D eigenvalue weighted by Gasteiger charge is -2.43. The average Bonchev–Trinajstić information content (AvgIpc) is 3.78. The number of ether oxygens (including phenoxy) is 4. The van der Waals surface area contributed by atoms with Gasteiger partial charge < -0.3 is 38.9 Å². The molecular weight excluding hydrogens is 679 g/mol. The van der Waals surface area contributed by atoms with Crippen molar-refractivity contribution in [2.24, 2.45) is 11.3 Å². The van der Waals surface area contributed by atoms with E-state index < -0.39 is 62.6 Å². The van der Waals surface area contributed by atoms with Crippen molar-refractivity contribution in [1.29, 1.82) is 0 Å². The number of carbonyl (C=O) groups excluding carboxylic acids is 1. The smallest absolute Gasteiger partial charge is 0.243 e. The van der Waals surface area contributed by atoms with E-state index in [-0.39, 0.29) is 49.5 Å². The molecule has 3 aliphatic rings. The Labute approximate surface area is 288 Å². The van der Waals surface area contributed by atoms with Crippen molar-refractivity contribution in [1.82, 2.24) is 13.9 Å². The van der Waals surface area contributed by atoms with Crippen LogP contribution in [0, 0.1) is 11.3 Å². The van der Waals surface area contributed by atoms with Gasteiger partial charge in [-0.1, -0.05) is 50.6 Å². The van der Waals surface area contributed by atoms with Crippen molar-refractivity contribution in [2.75, 3.05) is 45.9 Å². The Kier molecular flexibility index (Phi) is 11.8. The molecule has 0 saturated carbocycles. The first-order valence-electron chi connectivity index (χ1n) is 16.4. The van der Waals surface area contributed by atoms with Gasteiger partial charge in [0, 0.05) is 31.6 Å². The molecule has 0 spiro atoms. The predicted octanol–water partition coefficient (Wildman–Crippen LogP) is 1.53. The summed E-state index contributed by atoms with van der Waals surface area (Å²) in [5, 5.41) is 24.9. The molecule has 0 aromatic heterocycles. The molecule has 16 heteroatoms. The van der Waals surface area contributed by atoms with Gasteiger partial charge in [0.1, 0.15) is 6.09 Å². The summed E-state index contributed by atoms with van der Waals surface area (Å²) in [5.41, 5.74) is 0.134. The minimum Gasteiger partial charge on any atom is -0.530 e. The van der Waals surface area contributed by atoms with Crippen LogP contribution in [0.5, 0.6) is 11.5 Å². The maximum atomic E-state index is 14.4. The van der Waals surface area contributed by atoms with E-state index in [0.29, 0.717) is 38.0 Å². The molecule has 1 amide bonds. The van der Waals surface area contributed by atoms with Crippen LogP contribution in [-0.2, 0) is 35.9 Å². The summed E-state index contributed by atoms with van der Waals surface area (Å²) in [7, 11) is -7.60. The van der Waals surface area contributed by atoms with Gasteiger partial charge in [-0.2, -0.15) is 4.31 Å². The minimum atomic E-state index is -4.27. The molecule has 0 aliphatic carbocycles. The number of benzene rings is 2. The normalized spacial score (nSPS) is 21.9. The highest BCUT2D eigenvalue weighted by Crippen LogP contribution is 2.38. The summed E-state index contributed by atoms with van der Waals surface area (Å²) in [4.78, 5) is 14.0. The van der Waals surface area contributed by atoms with Crippen LogP contribution in [0.4, 0.5) is 4.79 Å².